The minimum Gasteiger partial charge on any atom is -0.480 e. The van der Waals surface area contributed by atoms with Crippen LogP contribution in [0.25, 0.3) is 0 Å². The fraction of sp³-hybridized carbons (Fsp3) is 0.750. The van der Waals surface area contributed by atoms with Crippen LogP contribution in [0.2, 0.25) is 0 Å². The summed E-state index contributed by atoms with van der Waals surface area (Å²) in [4.78, 5) is 23.2. The van der Waals surface area contributed by atoms with Crippen molar-refractivity contribution in [2.45, 2.75) is 31.8 Å². The van der Waals surface area contributed by atoms with E-state index in [1.54, 1.807) is 11.8 Å². The number of carboxylic acids is 1. The summed E-state index contributed by atoms with van der Waals surface area (Å²) in [5.41, 5.74) is 5.15. The molecule has 1 rings (SSSR count). The summed E-state index contributed by atoms with van der Waals surface area (Å²) >= 11 is 0. The van der Waals surface area contributed by atoms with Gasteiger partial charge in [0.05, 0.1) is 6.04 Å². The zero-order valence-electron chi connectivity index (χ0n) is 7.56. The quantitative estimate of drug-likeness (QED) is 0.617. The van der Waals surface area contributed by atoms with Crippen molar-refractivity contribution in [3.63, 3.8) is 0 Å². The SMILES string of the molecule is CC(C(=O)O)N1CCC[C@H]1C(N)=O. The number of aliphatic carboxylic acids is 1. The van der Waals surface area contributed by atoms with E-state index < -0.39 is 24.0 Å². The zero-order valence-corrected chi connectivity index (χ0v) is 7.56. The summed E-state index contributed by atoms with van der Waals surface area (Å²) in [6.07, 6.45) is 1.51. The van der Waals surface area contributed by atoms with E-state index in [1.165, 1.54) is 0 Å². The van der Waals surface area contributed by atoms with Crippen molar-refractivity contribution in [2.75, 3.05) is 6.54 Å². The lowest BCUT2D eigenvalue weighted by Gasteiger charge is -2.25. The Morgan fingerprint density at radius 1 is 1.62 bits per heavy atom. The molecule has 74 valence electrons. The molecule has 0 saturated carbocycles. The van der Waals surface area contributed by atoms with Crippen LogP contribution in [0, 0.1) is 0 Å². The van der Waals surface area contributed by atoms with Crippen LogP contribution in [0.3, 0.4) is 0 Å². The minimum atomic E-state index is -0.909. The molecule has 0 bridgehead atoms. The Labute approximate surface area is 76.5 Å². The second kappa shape index (κ2) is 3.74. The molecule has 5 nitrogen and oxygen atoms in total. The Bertz CT molecular complexity index is 229. The lowest BCUT2D eigenvalue weighted by atomic mass is 10.2. The summed E-state index contributed by atoms with van der Waals surface area (Å²) in [7, 11) is 0. The first-order valence-corrected chi connectivity index (χ1v) is 4.32. The lowest BCUT2D eigenvalue weighted by molar-refractivity contribution is -0.143. The summed E-state index contributed by atoms with van der Waals surface area (Å²) in [6, 6.07) is -1.02. The van der Waals surface area contributed by atoms with Gasteiger partial charge in [-0.05, 0) is 26.3 Å². The van der Waals surface area contributed by atoms with Crippen molar-refractivity contribution in [3.8, 4) is 0 Å². The molecule has 13 heavy (non-hydrogen) atoms. The molecular weight excluding hydrogens is 172 g/mol. The molecule has 0 radical (unpaired) electrons. The number of nitrogens with two attached hydrogens (primary N) is 1. The van der Waals surface area contributed by atoms with Gasteiger partial charge in [0.25, 0.3) is 0 Å². The molecule has 0 aromatic heterocycles. The fourth-order valence-corrected chi connectivity index (χ4v) is 1.70. The number of hydrogen-bond acceptors (Lipinski definition) is 3. The molecule has 1 aliphatic rings. The van der Waals surface area contributed by atoms with E-state index in [9.17, 15) is 9.59 Å². The van der Waals surface area contributed by atoms with Crippen molar-refractivity contribution in [1.82, 2.24) is 4.90 Å². The minimum absolute atomic E-state index is 0.397. The van der Waals surface area contributed by atoms with Crippen molar-refractivity contribution in [3.05, 3.63) is 0 Å². The van der Waals surface area contributed by atoms with Gasteiger partial charge < -0.3 is 10.8 Å². The van der Waals surface area contributed by atoms with E-state index in [1.807, 2.05) is 0 Å². The summed E-state index contributed by atoms with van der Waals surface area (Å²) in [5, 5.41) is 8.75. The highest BCUT2D eigenvalue weighted by Crippen LogP contribution is 2.19. The van der Waals surface area contributed by atoms with Gasteiger partial charge in [-0.25, -0.2) is 0 Å². The number of primary amides is 1. The fourth-order valence-electron chi connectivity index (χ4n) is 1.70. The highest BCUT2D eigenvalue weighted by atomic mass is 16.4. The first-order chi connectivity index (χ1) is 6.04. The monoisotopic (exact) mass is 186 g/mol. The Balaban J connectivity index is 2.68. The molecular formula is C8H14N2O3. The van der Waals surface area contributed by atoms with Crippen LogP contribution in [-0.4, -0.2) is 40.5 Å². The average Bonchev–Trinajstić information content (AvgIpc) is 2.50. The van der Waals surface area contributed by atoms with Crippen molar-refractivity contribution in [2.24, 2.45) is 5.73 Å². The first-order valence-electron chi connectivity index (χ1n) is 4.32. The van der Waals surface area contributed by atoms with Gasteiger partial charge in [-0.2, -0.15) is 0 Å². The molecule has 1 heterocycles. The van der Waals surface area contributed by atoms with Gasteiger partial charge in [-0.1, -0.05) is 0 Å². The second-order valence-electron chi connectivity index (χ2n) is 3.31. The standard InChI is InChI=1S/C8H14N2O3/c1-5(8(12)13)10-4-2-3-6(10)7(9)11/h5-6H,2-4H2,1H3,(H2,9,11)(H,12,13)/t5?,6-/m0/s1. The number of carboxylic acid groups (broad SMARTS) is 1. The maximum Gasteiger partial charge on any atom is 0.320 e. The van der Waals surface area contributed by atoms with Crippen molar-refractivity contribution >= 4 is 11.9 Å². The topological polar surface area (TPSA) is 83.6 Å². The molecule has 1 fully saturated rings. The molecule has 0 aliphatic carbocycles. The van der Waals surface area contributed by atoms with Gasteiger partial charge in [0.15, 0.2) is 0 Å². The lowest BCUT2D eigenvalue weighted by Crippen LogP contribution is -2.47. The largest absolute Gasteiger partial charge is 0.480 e. The van der Waals surface area contributed by atoms with Gasteiger partial charge in [-0.15, -0.1) is 0 Å². The Morgan fingerprint density at radius 2 is 2.23 bits per heavy atom. The first kappa shape index (κ1) is 9.98. The normalized spacial score (nSPS) is 25.8. The number of carbonyl (C=O) groups is 2. The van der Waals surface area contributed by atoms with E-state index in [2.05, 4.69) is 0 Å². The Morgan fingerprint density at radius 3 is 2.69 bits per heavy atom. The van der Waals surface area contributed by atoms with Gasteiger partial charge in [0.1, 0.15) is 6.04 Å². The zero-order chi connectivity index (χ0) is 10.0. The molecule has 0 aromatic carbocycles. The van der Waals surface area contributed by atoms with E-state index in [-0.39, 0.29) is 0 Å². The molecule has 2 atom stereocenters. The van der Waals surface area contributed by atoms with Crippen LogP contribution in [-0.2, 0) is 9.59 Å². The molecule has 5 heteroatoms. The third kappa shape index (κ3) is 1.98. The molecule has 1 aliphatic heterocycles. The summed E-state index contributed by atoms with van der Waals surface area (Å²) in [5.74, 6) is -1.33. The molecule has 3 N–H and O–H groups in total. The Kier molecular flexibility index (Phi) is 2.87. The third-order valence-corrected chi connectivity index (χ3v) is 2.48. The van der Waals surface area contributed by atoms with Crippen LogP contribution in [0.1, 0.15) is 19.8 Å². The van der Waals surface area contributed by atoms with Crippen LogP contribution in [0.15, 0.2) is 0 Å². The van der Waals surface area contributed by atoms with Crippen LogP contribution >= 0.6 is 0 Å². The van der Waals surface area contributed by atoms with Crippen molar-refractivity contribution in [1.29, 1.82) is 0 Å². The molecule has 1 saturated heterocycles. The highest BCUT2D eigenvalue weighted by molar-refractivity contribution is 5.81. The predicted molar refractivity (Wildman–Crippen MR) is 46.0 cm³/mol. The number of rotatable bonds is 3. The van der Waals surface area contributed by atoms with E-state index in [4.69, 9.17) is 10.8 Å². The van der Waals surface area contributed by atoms with Crippen LogP contribution in [0.5, 0.6) is 0 Å². The van der Waals surface area contributed by atoms with Crippen molar-refractivity contribution < 1.29 is 14.7 Å². The maximum absolute atomic E-state index is 10.9. The average molecular weight is 186 g/mol. The van der Waals surface area contributed by atoms with Crippen LogP contribution in [0.4, 0.5) is 0 Å². The number of amides is 1. The van der Waals surface area contributed by atoms with E-state index in [0.29, 0.717) is 13.0 Å². The molecule has 0 spiro atoms. The molecule has 0 aromatic rings. The van der Waals surface area contributed by atoms with Gasteiger partial charge in [-0.3, -0.25) is 14.5 Å². The maximum atomic E-state index is 10.9. The number of likely N-dealkylation sites (tertiary alicyclic amines) is 1. The third-order valence-electron chi connectivity index (χ3n) is 2.48. The predicted octanol–water partition coefficient (Wildman–Crippen LogP) is -0.591. The number of hydrogen-bond donors (Lipinski definition) is 2. The van der Waals surface area contributed by atoms with Gasteiger partial charge >= 0.3 is 5.97 Å². The summed E-state index contributed by atoms with van der Waals surface area (Å²) in [6.45, 7) is 2.21. The van der Waals surface area contributed by atoms with Gasteiger partial charge in [0, 0.05) is 0 Å². The smallest absolute Gasteiger partial charge is 0.320 e. The van der Waals surface area contributed by atoms with E-state index >= 15 is 0 Å². The van der Waals surface area contributed by atoms with Crippen LogP contribution < -0.4 is 5.73 Å². The number of carbonyl (C=O) groups excluding carboxylic acids is 1. The second-order valence-corrected chi connectivity index (χ2v) is 3.31. The summed E-state index contributed by atoms with van der Waals surface area (Å²) < 4.78 is 0. The highest BCUT2D eigenvalue weighted by Gasteiger charge is 2.34. The number of nitrogens with zero attached hydrogens (tertiary/aromatic N) is 1. The molecule has 1 amide bonds. The Hall–Kier alpha value is -1.10. The molecule has 1 unspecified atom stereocenters. The van der Waals surface area contributed by atoms with Gasteiger partial charge in [0.2, 0.25) is 5.91 Å². The van der Waals surface area contributed by atoms with E-state index in [0.717, 1.165) is 6.42 Å².